The highest BCUT2D eigenvalue weighted by Gasteiger charge is 2.14. The number of H-pyrrole nitrogens is 1. The van der Waals surface area contributed by atoms with Crippen molar-refractivity contribution in [2.75, 3.05) is 13.2 Å². The van der Waals surface area contributed by atoms with Crippen LogP contribution < -0.4 is 15.2 Å². The van der Waals surface area contributed by atoms with Gasteiger partial charge in [0.1, 0.15) is 19.0 Å². The van der Waals surface area contributed by atoms with E-state index in [1.807, 2.05) is 25.1 Å². The van der Waals surface area contributed by atoms with E-state index in [0.29, 0.717) is 13.2 Å². The smallest absolute Gasteiger partial charge is 0.162 e. The monoisotopic (exact) mass is 259 g/mol. The molecule has 1 aliphatic heterocycles. The molecule has 19 heavy (non-hydrogen) atoms. The van der Waals surface area contributed by atoms with Crippen LogP contribution in [0.15, 0.2) is 24.4 Å². The quantitative estimate of drug-likeness (QED) is 0.886. The van der Waals surface area contributed by atoms with Crippen LogP contribution in [-0.4, -0.2) is 23.2 Å². The van der Waals surface area contributed by atoms with Crippen molar-refractivity contribution in [3.63, 3.8) is 0 Å². The third-order valence-corrected chi connectivity index (χ3v) is 3.24. The van der Waals surface area contributed by atoms with Crippen molar-refractivity contribution in [2.45, 2.75) is 19.4 Å². The molecule has 1 aromatic heterocycles. The molecular weight excluding hydrogens is 242 g/mol. The lowest BCUT2D eigenvalue weighted by atomic mass is 10.1. The maximum atomic E-state index is 5.96. The van der Waals surface area contributed by atoms with Crippen molar-refractivity contribution in [3.8, 4) is 22.8 Å². The predicted molar refractivity (Wildman–Crippen MR) is 72.2 cm³/mol. The van der Waals surface area contributed by atoms with Crippen LogP contribution in [0.3, 0.4) is 0 Å². The maximum Gasteiger partial charge on any atom is 0.162 e. The van der Waals surface area contributed by atoms with E-state index in [-0.39, 0.29) is 6.04 Å². The van der Waals surface area contributed by atoms with E-state index < -0.39 is 0 Å². The summed E-state index contributed by atoms with van der Waals surface area (Å²) in [6.45, 7) is 3.23. The number of rotatable bonds is 3. The number of benzene rings is 1. The molecule has 2 aromatic rings. The van der Waals surface area contributed by atoms with Crippen LogP contribution in [0.1, 0.15) is 25.2 Å². The summed E-state index contributed by atoms with van der Waals surface area (Å²) in [5.41, 5.74) is 7.92. The second-order valence-electron chi connectivity index (χ2n) is 4.56. The van der Waals surface area contributed by atoms with Gasteiger partial charge in [-0.1, -0.05) is 6.92 Å². The molecule has 0 amide bonds. The number of fused-ring (bicyclic) bond motifs is 1. The highest BCUT2D eigenvalue weighted by molar-refractivity contribution is 5.63. The van der Waals surface area contributed by atoms with Gasteiger partial charge >= 0.3 is 0 Å². The van der Waals surface area contributed by atoms with Crippen LogP contribution in [0.2, 0.25) is 0 Å². The molecule has 1 aliphatic rings. The fourth-order valence-electron chi connectivity index (χ4n) is 2.08. The molecule has 0 saturated heterocycles. The van der Waals surface area contributed by atoms with E-state index in [4.69, 9.17) is 15.2 Å². The minimum atomic E-state index is -0.0500. The molecule has 1 aromatic carbocycles. The van der Waals surface area contributed by atoms with Crippen LogP contribution in [0.5, 0.6) is 11.5 Å². The first kappa shape index (κ1) is 12.0. The van der Waals surface area contributed by atoms with Crippen molar-refractivity contribution < 1.29 is 9.47 Å². The number of hydrogen-bond donors (Lipinski definition) is 2. The first-order valence-corrected chi connectivity index (χ1v) is 6.48. The predicted octanol–water partition coefficient (Wildman–Crippen LogP) is 2.26. The third-order valence-electron chi connectivity index (χ3n) is 3.24. The van der Waals surface area contributed by atoms with Gasteiger partial charge in [0.25, 0.3) is 0 Å². The Kier molecular flexibility index (Phi) is 3.13. The highest BCUT2D eigenvalue weighted by atomic mass is 16.6. The standard InChI is InChI=1S/C14H17N3O2/c1-2-10(15)14-16-8-11(17-14)9-3-4-12-13(7-9)19-6-5-18-12/h3-4,7-8,10H,2,5-6,15H2,1H3,(H,16,17). The minimum Gasteiger partial charge on any atom is -0.486 e. The summed E-state index contributed by atoms with van der Waals surface area (Å²) in [4.78, 5) is 7.58. The topological polar surface area (TPSA) is 73.2 Å². The number of nitrogens with zero attached hydrogens (tertiary/aromatic N) is 1. The summed E-state index contributed by atoms with van der Waals surface area (Å²) in [6.07, 6.45) is 2.66. The van der Waals surface area contributed by atoms with Gasteiger partial charge in [-0.25, -0.2) is 4.98 Å². The zero-order valence-corrected chi connectivity index (χ0v) is 10.8. The van der Waals surface area contributed by atoms with E-state index in [1.54, 1.807) is 6.20 Å². The van der Waals surface area contributed by atoms with Crippen molar-refractivity contribution in [2.24, 2.45) is 5.73 Å². The number of nitrogens with one attached hydrogen (secondary N) is 1. The van der Waals surface area contributed by atoms with Crippen LogP contribution in [0.25, 0.3) is 11.3 Å². The Bertz CT molecular complexity index is 580. The SMILES string of the molecule is CCC(N)c1ncc(-c2ccc3c(c2)OCCO3)[nH]1. The van der Waals surface area contributed by atoms with Crippen molar-refractivity contribution in [1.29, 1.82) is 0 Å². The first-order valence-electron chi connectivity index (χ1n) is 6.48. The first-order chi connectivity index (χ1) is 9.28. The molecular formula is C14H17N3O2. The molecule has 0 fully saturated rings. The van der Waals surface area contributed by atoms with Gasteiger partial charge in [0.2, 0.25) is 0 Å². The number of imidazole rings is 1. The Morgan fingerprint density at radius 1 is 1.32 bits per heavy atom. The molecule has 0 aliphatic carbocycles. The summed E-state index contributed by atoms with van der Waals surface area (Å²) in [6, 6.07) is 5.82. The number of nitrogens with two attached hydrogens (primary N) is 1. The van der Waals surface area contributed by atoms with E-state index in [1.165, 1.54) is 0 Å². The molecule has 3 N–H and O–H groups in total. The minimum absolute atomic E-state index is 0.0500. The van der Waals surface area contributed by atoms with Gasteiger partial charge in [-0.05, 0) is 24.6 Å². The Morgan fingerprint density at radius 3 is 2.89 bits per heavy atom. The van der Waals surface area contributed by atoms with Gasteiger partial charge in [-0.2, -0.15) is 0 Å². The molecule has 0 radical (unpaired) electrons. The Hall–Kier alpha value is -2.01. The van der Waals surface area contributed by atoms with Gasteiger partial charge in [0, 0.05) is 5.56 Å². The van der Waals surface area contributed by atoms with E-state index in [2.05, 4.69) is 9.97 Å². The number of hydrogen-bond acceptors (Lipinski definition) is 4. The van der Waals surface area contributed by atoms with Crippen molar-refractivity contribution in [3.05, 3.63) is 30.2 Å². The summed E-state index contributed by atoms with van der Waals surface area (Å²) in [5, 5.41) is 0. The average molecular weight is 259 g/mol. The average Bonchev–Trinajstić information content (AvgIpc) is 2.95. The fraction of sp³-hybridized carbons (Fsp3) is 0.357. The molecule has 3 rings (SSSR count). The third kappa shape index (κ3) is 2.29. The molecule has 5 heteroatoms. The molecule has 0 bridgehead atoms. The zero-order chi connectivity index (χ0) is 13.2. The fourth-order valence-corrected chi connectivity index (χ4v) is 2.08. The summed E-state index contributed by atoms with van der Waals surface area (Å²) in [7, 11) is 0. The van der Waals surface area contributed by atoms with Gasteiger partial charge in [0.15, 0.2) is 11.5 Å². The Labute approximate surface area is 111 Å². The molecule has 0 saturated carbocycles. The lowest BCUT2D eigenvalue weighted by Gasteiger charge is -2.18. The van der Waals surface area contributed by atoms with Gasteiger partial charge in [0.05, 0.1) is 17.9 Å². The summed E-state index contributed by atoms with van der Waals surface area (Å²) in [5.74, 6) is 2.38. The van der Waals surface area contributed by atoms with Crippen LogP contribution in [-0.2, 0) is 0 Å². The molecule has 0 spiro atoms. The molecule has 5 nitrogen and oxygen atoms in total. The maximum absolute atomic E-state index is 5.96. The Morgan fingerprint density at radius 2 is 2.11 bits per heavy atom. The molecule has 100 valence electrons. The van der Waals surface area contributed by atoms with Crippen molar-refractivity contribution >= 4 is 0 Å². The number of aromatic nitrogens is 2. The largest absolute Gasteiger partial charge is 0.486 e. The van der Waals surface area contributed by atoms with Gasteiger partial charge in [-0.15, -0.1) is 0 Å². The van der Waals surface area contributed by atoms with Gasteiger partial charge in [-0.3, -0.25) is 0 Å². The molecule has 1 atom stereocenters. The van der Waals surface area contributed by atoms with E-state index in [9.17, 15) is 0 Å². The summed E-state index contributed by atoms with van der Waals surface area (Å²) < 4.78 is 11.1. The van der Waals surface area contributed by atoms with Crippen LogP contribution >= 0.6 is 0 Å². The number of aromatic amines is 1. The highest BCUT2D eigenvalue weighted by Crippen LogP contribution is 2.34. The van der Waals surface area contributed by atoms with Crippen LogP contribution in [0, 0.1) is 0 Å². The van der Waals surface area contributed by atoms with E-state index >= 15 is 0 Å². The molecule has 2 heterocycles. The zero-order valence-electron chi connectivity index (χ0n) is 10.8. The van der Waals surface area contributed by atoms with E-state index in [0.717, 1.165) is 35.0 Å². The van der Waals surface area contributed by atoms with Crippen LogP contribution in [0.4, 0.5) is 0 Å². The lowest BCUT2D eigenvalue weighted by Crippen LogP contribution is -2.15. The second-order valence-corrected chi connectivity index (χ2v) is 4.56. The lowest BCUT2D eigenvalue weighted by molar-refractivity contribution is 0.171. The Balaban J connectivity index is 1.91. The van der Waals surface area contributed by atoms with Crippen molar-refractivity contribution in [1.82, 2.24) is 9.97 Å². The number of ether oxygens (including phenoxy) is 2. The van der Waals surface area contributed by atoms with Gasteiger partial charge < -0.3 is 20.2 Å². The second kappa shape index (κ2) is 4.93. The molecule has 1 unspecified atom stereocenters. The normalized spacial score (nSPS) is 15.3. The summed E-state index contributed by atoms with van der Waals surface area (Å²) >= 11 is 0.